The van der Waals surface area contributed by atoms with Gasteiger partial charge in [-0.15, -0.1) is 0 Å². The Balaban J connectivity index is 1.69. The van der Waals surface area contributed by atoms with Gasteiger partial charge >= 0.3 is 11.9 Å². The van der Waals surface area contributed by atoms with Gasteiger partial charge in [-0.3, -0.25) is 14.8 Å². The first kappa shape index (κ1) is 23.6. The molecule has 0 spiro atoms. The first-order chi connectivity index (χ1) is 14.2. The fourth-order valence-corrected chi connectivity index (χ4v) is 2.73. The molecule has 0 radical (unpaired) electrons. The van der Waals surface area contributed by atoms with Crippen LogP contribution in [0.2, 0.25) is 0 Å². The zero-order valence-electron chi connectivity index (χ0n) is 18.0. The van der Waals surface area contributed by atoms with E-state index in [4.69, 9.17) is 14.7 Å². The molecule has 2 aromatic carbocycles. The number of esters is 2. The van der Waals surface area contributed by atoms with Crippen molar-refractivity contribution in [2.75, 3.05) is 0 Å². The summed E-state index contributed by atoms with van der Waals surface area (Å²) in [7, 11) is 0. The zero-order valence-corrected chi connectivity index (χ0v) is 18.0. The summed E-state index contributed by atoms with van der Waals surface area (Å²) in [6.07, 6.45) is -0.0571. The highest BCUT2D eigenvalue weighted by Crippen LogP contribution is 2.23. The van der Waals surface area contributed by atoms with Crippen molar-refractivity contribution in [3.63, 3.8) is 0 Å². The van der Waals surface area contributed by atoms with Crippen molar-refractivity contribution >= 4 is 11.9 Å². The lowest BCUT2D eigenvalue weighted by atomic mass is 9.97. The molecule has 162 valence electrons. The molecule has 0 unspecified atom stereocenters. The van der Waals surface area contributed by atoms with Crippen LogP contribution >= 0.6 is 0 Å². The monoisotopic (exact) mass is 414 g/mol. The van der Waals surface area contributed by atoms with Crippen LogP contribution in [0, 0.1) is 0 Å². The van der Waals surface area contributed by atoms with Gasteiger partial charge in [-0.05, 0) is 42.0 Å². The average Bonchev–Trinajstić information content (AvgIpc) is 2.75. The predicted molar refractivity (Wildman–Crippen MR) is 113 cm³/mol. The van der Waals surface area contributed by atoms with Crippen molar-refractivity contribution < 1.29 is 29.2 Å². The minimum absolute atomic E-state index is 0.0239. The second-order valence-corrected chi connectivity index (χ2v) is 8.02. The van der Waals surface area contributed by atoms with Crippen LogP contribution in [0.4, 0.5) is 0 Å². The standard InChI is InChI=1S/C24H30O6/c1-17(2)20-9-5-18(6-10-20)15-28-22(25)13-14-23(26)29-16-19-7-11-21(12-8-19)24(3,4)30-27/h5-12,17,27H,13-16H2,1-4H3. The van der Waals surface area contributed by atoms with Crippen molar-refractivity contribution in [2.45, 2.75) is 65.3 Å². The van der Waals surface area contributed by atoms with Crippen molar-refractivity contribution in [1.82, 2.24) is 0 Å². The first-order valence-electron chi connectivity index (χ1n) is 10.0. The normalized spacial score (nSPS) is 11.4. The number of ether oxygens (including phenoxy) is 2. The van der Waals surface area contributed by atoms with Crippen LogP contribution in [0.3, 0.4) is 0 Å². The van der Waals surface area contributed by atoms with E-state index in [1.165, 1.54) is 5.56 Å². The average molecular weight is 414 g/mol. The number of benzene rings is 2. The van der Waals surface area contributed by atoms with E-state index in [1.54, 1.807) is 38.1 Å². The highest BCUT2D eigenvalue weighted by Gasteiger charge is 2.21. The molecule has 0 bridgehead atoms. The first-order valence-corrected chi connectivity index (χ1v) is 10.0. The summed E-state index contributed by atoms with van der Waals surface area (Å²) in [5.74, 6) is -0.446. The number of carbonyl (C=O) groups is 2. The number of carbonyl (C=O) groups excluding carboxylic acids is 2. The van der Waals surface area contributed by atoms with E-state index in [0.29, 0.717) is 5.92 Å². The summed E-state index contributed by atoms with van der Waals surface area (Å²) >= 11 is 0. The summed E-state index contributed by atoms with van der Waals surface area (Å²) in [5.41, 5.74) is 2.92. The molecule has 6 heteroatoms. The minimum Gasteiger partial charge on any atom is -0.461 e. The summed E-state index contributed by atoms with van der Waals surface area (Å²) in [6.45, 7) is 8.01. The van der Waals surface area contributed by atoms with E-state index in [-0.39, 0.29) is 26.1 Å². The Hall–Kier alpha value is -2.70. The van der Waals surface area contributed by atoms with E-state index < -0.39 is 17.5 Å². The second kappa shape index (κ2) is 10.9. The topological polar surface area (TPSA) is 82.1 Å². The molecular formula is C24H30O6. The van der Waals surface area contributed by atoms with Gasteiger partial charge in [0.05, 0.1) is 12.8 Å². The summed E-state index contributed by atoms with van der Waals surface area (Å²) in [6, 6.07) is 15.1. The maximum Gasteiger partial charge on any atom is 0.306 e. The molecule has 0 saturated heterocycles. The van der Waals surface area contributed by atoms with Crippen LogP contribution in [0.15, 0.2) is 48.5 Å². The van der Waals surface area contributed by atoms with Crippen LogP contribution in [0.5, 0.6) is 0 Å². The molecule has 0 fully saturated rings. The van der Waals surface area contributed by atoms with Gasteiger partial charge in [-0.25, -0.2) is 4.89 Å². The van der Waals surface area contributed by atoms with E-state index in [9.17, 15) is 9.59 Å². The van der Waals surface area contributed by atoms with Gasteiger partial charge in [0, 0.05) is 0 Å². The van der Waals surface area contributed by atoms with Crippen molar-refractivity contribution in [2.24, 2.45) is 0 Å². The molecule has 0 aliphatic carbocycles. The molecule has 0 aliphatic rings. The molecule has 2 aromatic rings. The van der Waals surface area contributed by atoms with Gasteiger partial charge in [-0.1, -0.05) is 62.4 Å². The van der Waals surface area contributed by atoms with Crippen molar-refractivity contribution in [3.05, 3.63) is 70.8 Å². The van der Waals surface area contributed by atoms with Gasteiger partial charge in [0.1, 0.15) is 18.8 Å². The van der Waals surface area contributed by atoms with Crippen molar-refractivity contribution in [1.29, 1.82) is 0 Å². The third kappa shape index (κ3) is 7.28. The molecule has 1 N–H and O–H groups in total. The molecule has 0 aliphatic heterocycles. The molecular weight excluding hydrogens is 384 g/mol. The van der Waals surface area contributed by atoms with Crippen LogP contribution in [0.1, 0.15) is 68.7 Å². The van der Waals surface area contributed by atoms with Crippen LogP contribution in [-0.2, 0) is 42.8 Å². The molecule has 0 saturated carbocycles. The fourth-order valence-electron chi connectivity index (χ4n) is 2.73. The maximum atomic E-state index is 11.9. The zero-order chi connectivity index (χ0) is 22.1. The lowest BCUT2D eigenvalue weighted by molar-refractivity contribution is -0.318. The summed E-state index contributed by atoms with van der Waals surface area (Å²) in [4.78, 5) is 28.2. The Bertz CT molecular complexity index is 822. The Morgan fingerprint density at radius 1 is 0.833 bits per heavy atom. The van der Waals surface area contributed by atoms with Crippen LogP contribution in [-0.4, -0.2) is 17.2 Å². The third-order valence-electron chi connectivity index (χ3n) is 4.86. The van der Waals surface area contributed by atoms with Gasteiger partial charge in [0.2, 0.25) is 0 Å². The molecule has 6 nitrogen and oxygen atoms in total. The smallest absolute Gasteiger partial charge is 0.306 e. The molecule has 30 heavy (non-hydrogen) atoms. The van der Waals surface area contributed by atoms with Gasteiger partial charge in [0.15, 0.2) is 0 Å². The van der Waals surface area contributed by atoms with E-state index in [0.717, 1.165) is 16.7 Å². The Labute approximate surface area is 177 Å². The highest BCUT2D eigenvalue weighted by molar-refractivity contribution is 5.77. The van der Waals surface area contributed by atoms with E-state index >= 15 is 0 Å². The van der Waals surface area contributed by atoms with Gasteiger partial charge < -0.3 is 9.47 Å². The fraction of sp³-hybridized carbons (Fsp3) is 0.417. The molecule has 0 atom stereocenters. The Morgan fingerprint density at radius 3 is 1.67 bits per heavy atom. The lowest BCUT2D eigenvalue weighted by Gasteiger charge is -2.21. The highest BCUT2D eigenvalue weighted by atomic mass is 17.1. The van der Waals surface area contributed by atoms with Crippen LogP contribution in [0.25, 0.3) is 0 Å². The second-order valence-electron chi connectivity index (χ2n) is 8.02. The van der Waals surface area contributed by atoms with Crippen molar-refractivity contribution in [3.8, 4) is 0 Å². The van der Waals surface area contributed by atoms with Crippen LogP contribution < -0.4 is 0 Å². The molecule has 0 aromatic heterocycles. The quantitative estimate of drug-likeness (QED) is 0.331. The molecule has 2 rings (SSSR count). The SMILES string of the molecule is CC(C)c1ccc(COC(=O)CCC(=O)OCc2ccc(C(C)(C)OO)cc2)cc1. The molecule has 0 heterocycles. The largest absolute Gasteiger partial charge is 0.461 e. The number of hydrogen-bond acceptors (Lipinski definition) is 6. The third-order valence-corrected chi connectivity index (χ3v) is 4.86. The number of rotatable bonds is 10. The van der Waals surface area contributed by atoms with Gasteiger partial charge in [-0.2, -0.15) is 0 Å². The summed E-state index contributed by atoms with van der Waals surface area (Å²) < 4.78 is 10.4. The predicted octanol–water partition coefficient (Wildman–Crippen LogP) is 5.10. The summed E-state index contributed by atoms with van der Waals surface area (Å²) in [5, 5.41) is 8.92. The van der Waals surface area contributed by atoms with Gasteiger partial charge in [0.25, 0.3) is 0 Å². The minimum atomic E-state index is -0.813. The van der Waals surface area contributed by atoms with E-state index in [1.807, 2.05) is 24.3 Å². The lowest BCUT2D eigenvalue weighted by Crippen LogP contribution is -2.19. The van der Waals surface area contributed by atoms with E-state index in [2.05, 4.69) is 18.7 Å². The molecule has 0 amide bonds. The maximum absolute atomic E-state index is 11.9. The Kier molecular flexibility index (Phi) is 8.57. The number of hydrogen-bond donors (Lipinski definition) is 1. The Morgan fingerprint density at radius 2 is 1.27 bits per heavy atom.